The van der Waals surface area contributed by atoms with E-state index in [1.165, 1.54) is 6.07 Å². The van der Waals surface area contributed by atoms with Gasteiger partial charge >= 0.3 is 6.18 Å². The van der Waals surface area contributed by atoms with Crippen molar-refractivity contribution < 1.29 is 13.2 Å². The van der Waals surface area contributed by atoms with Gasteiger partial charge in [-0.05, 0) is 30.4 Å². The summed E-state index contributed by atoms with van der Waals surface area (Å²) in [6, 6.07) is 6.68. The van der Waals surface area contributed by atoms with Crippen molar-refractivity contribution in [1.29, 1.82) is 0 Å². The van der Waals surface area contributed by atoms with Gasteiger partial charge in [0.25, 0.3) is 0 Å². The molecule has 0 unspecified atom stereocenters. The van der Waals surface area contributed by atoms with Crippen molar-refractivity contribution in [3.8, 4) is 0 Å². The van der Waals surface area contributed by atoms with E-state index in [1.54, 1.807) is 18.2 Å². The van der Waals surface area contributed by atoms with E-state index in [1.807, 2.05) is 0 Å². The molecule has 1 fully saturated rings. The van der Waals surface area contributed by atoms with Gasteiger partial charge in [-0.3, -0.25) is 0 Å². The molecule has 1 aromatic carbocycles. The van der Waals surface area contributed by atoms with E-state index in [-0.39, 0.29) is 5.54 Å². The van der Waals surface area contributed by atoms with Crippen LogP contribution in [0.2, 0.25) is 0 Å². The average Bonchev–Trinajstić information content (AvgIpc) is 2.85. The maximum Gasteiger partial charge on any atom is 0.393 e. The minimum absolute atomic E-state index is 0.248. The fraction of sp³-hybridized carbons (Fsp3) is 0.500. The Labute approximate surface area is 92.5 Å². The van der Waals surface area contributed by atoms with Crippen LogP contribution in [0, 0.1) is 0 Å². The van der Waals surface area contributed by atoms with Crippen LogP contribution in [-0.4, -0.2) is 11.7 Å². The van der Waals surface area contributed by atoms with Crippen molar-refractivity contribution in [2.75, 3.05) is 0 Å². The Bertz CT molecular complexity index is 354. The molecule has 0 spiro atoms. The molecule has 1 saturated carbocycles. The molecule has 1 nitrogen and oxygen atoms in total. The quantitative estimate of drug-likeness (QED) is 0.847. The minimum Gasteiger partial charge on any atom is -0.325 e. The Morgan fingerprint density at radius 1 is 1.12 bits per heavy atom. The molecular formula is C12H14F3N. The molecule has 0 heterocycles. The van der Waals surface area contributed by atoms with E-state index < -0.39 is 12.6 Å². The first-order chi connectivity index (χ1) is 7.38. The standard InChI is InChI=1S/C12H14F3N/c13-12(14,15)8-10-4-2-1-3-9(10)7-11(16)5-6-11/h1-4H,5-8,16H2. The SMILES string of the molecule is NC1(Cc2ccccc2CC(F)(F)F)CC1. The third-order valence-corrected chi connectivity index (χ3v) is 2.94. The van der Waals surface area contributed by atoms with Gasteiger partial charge in [0.2, 0.25) is 0 Å². The van der Waals surface area contributed by atoms with Gasteiger partial charge in [0.15, 0.2) is 0 Å². The van der Waals surface area contributed by atoms with Crippen LogP contribution in [-0.2, 0) is 12.8 Å². The molecule has 2 rings (SSSR count). The van der Waals surface area contributed by atoms with Crippen LogP contribution in [0.25, 0.3) is 0 Å². The molecule has 88 valence electrons. The van der Waals surface area contributed by atoms with Crippen LogP contribution in [0.15, 0.2) is 24.3 Å². The summed E-state index contributed by atoms with van der Waals surface area (Å²) in [5.41, 5.74) is 6.77. The number of benzene rings is 1. The van der Waals surface area contributed by atoms with E-state index in [4.69, 9.17) is 5.73 Å². The summed E-state index contributed by atoms with van der Waals surface area (Å²) in [5, 5.41) is 0. The summed E-state index contributed by atoms with van der Waals surface area (Å²) >= 11 is 0. The lowest BCUT2D eigenvalue weighted by atomic mass is 9.97. The Balaban J connectivity index is 2.17. The molecule has 1 aliphatic carbocycles. The molecule has 16 heavy (non-hydrogen) atoms. The number of nitrogens with two attached hydrogens (primary N) is 1. The number of halogens is 3. The van der Waals surface area contributed by atoms with Crippen LogP contribution in [0.1, 0.15) is 24.0 Å². The van der Waals surface area contributed by atoms with Crippen molar-refractivity contribution in [3.63, 3.8) is 0 Å². The molecule has 0 saturated heterocycles. The van der Waals surface area contributed by atoms with Gasteiger partial charge in [-0.25, -0.2) is 0 Å². The molecule has 0 amide bonds. The fourth-order valence-corrected chi connectivity index (χ4v) is 1.83. The summed E-state index contributed by atoms with van der Waals surface area (Å²) in [6.45, 7) is 0. The normalized spacial score (nSPS) is 18.5. The number of alkyl halides is 3. The lowest BCUT2D eigenvalue weighted by molar-refractivity contribution is -0.127. The Morgan fingerprint density at radius 2 is 1.69 bits per heavy atom. The molecule has 0 aromatic heterocycles. The smallest absolute Gasteiger partial charge is 0.325 e. The second kappa shape index (κ2) is 3.77. The van der Waals surface area contributed by atoms with E-state index in [2.05, 4.69) is 0 Å². The lowest BCUT2D eigenvalue weighted by Gasteiger charge is -2.14. The highest BCUT2D eigenvalue weighted by Crippen LogP contribution is 2.37. The Kier molecular flexibility index (Phi) is 2.70. The minimum atomic E-state index is -4.15. The number of hydrogen-bond donors (Lipinski definition) is 1. The van der Waals surface area contributed by atoms with Gasteiger partial charge in [-0.1, -0.05) is 24.3 Å². The maximum absolute atomic E-state index is 12.3. The summed E-state index contributed by atoms with van der Waals surface area (Å²) in [7, 11) is 0. The zero-order valence-electron chi connectivity index (χ0n) is 8.85. The van der Waals surface area contributed by atoms with Gasteiger partial charge in [-0.2, -0.15) is 13.2 Å². The predicted octanol–water partition coefficient (Wildman–Crippen LogP) is 2.83. The first-order valence-electron chi connectivity index (χ1n) is 5.30. The van der Waals surface area contributed by atoms with Gasteiger partial charge < -0.3 is 5.73 Å². The van der Waals surface area contributed by atoms with E-state index in [0.29, 0.717) is 12.0 Å². The van der Waals surface area contributed by atoms with E-state index in [9.17, 15) is 13.2 Å². The highest BCUT2D eigenvalue weighted by Gasteiger charge is 2.39. The summed E-state index contributed by atoms with van der Waals surface area (Å²) in [6.07, 6.45) is -2.64. The largest absolute Gasteiger partial charge is 0.393 e. The van der Waals surface area contributed by atoms with Gasteiger partial charge in [0.1, 0.15) is 0 Å². The van der Waals surface area contributed by atoms with Gasteiger partial charge in [0, 0.05) is 5.54 Å². The predicted molar refractivity (Wildman–Crippen MR) is 56.1 cm³/mol. The Morgan fingerprint density at radius 3 is 2.19 bits per heavy atom. The van der Waals surface area contributed by atoms with Crippen LogP contribution in [0.5, 0.6) is 0 Å². The maximum atomic E-state index is 12.3. The molecule has 0 aliphatic heterocycles. The molecule has 0 atom stereocenters. The van der Waals surface area contributed by atoms with E-state index >= 15 is 0 Å². The molecule has 2 N–H and O–H groups in total. The lowest BCUT2D eigenvalue weighted by Crippen LogP contribution is -2.25. The monoisotopic (exact) mass is 229 g/mol. The summed E-state index contributed by atoms with van der Waals surface area (Å²) in [4.78, 5) is 0. The van der Waals surface area contributed by atoms with Crippen LogP contribution < -0.4 is 5.73 Å². The topological polar surface area (TPSA) is 26.0 Å². The van der Waals surface area contributed by atoms with Crippen LogP contribution in [0.4, 0.5) is 13.2 Å². The molecule has 4 heteroatoms. The highest BCUT2D eigenvalue weighted by molar-refractivity contribution is 5.31. The second-order valence-electron chi connectivity index (χ2n) is 4.60. The van der Waals surface area contributed by atoms with E-state index in [0.717, 1.165) is 18.4 Å². The number of hydrogen-bond acceptors (Lipinski definition) is 1. The summed E-state index contributed by atoms with van der Waals surface area (Å²) in [5.74, 6) is 0. The summed E-state index contributed by atoms with van der Waals surface area (Å²) < 4.78 is 37.0. The first-order valence-corrected chi connectivity index (χ1v) is 5.30. The van der Waals surface area contributed by atoms with Gasteiger partial charge in [-0.15, -0.1) is 0 Å². The molecular weight excluding hydrogens is 215 g/mol. The molecule has 0 radical (unpaired) electrons. The van der Waals surface area contributed by atoms with Crippen LogP contribution in [0.3, 0.4) is 0 Å². The second-order valence-corrected chi connectivity index (χ2v) is 4.60. The van der Waals surface area contributed by atoms with Crippen molar-refractivity contribution in [1.82, 2.24) is 0 Å². The zero-order chi connectivity index (χ0) is 11.8. The van der Waals surface area contributed by atoms with Crippen LogP contribution >= 0.6 is 0 Å². The Hall–Kier alpha value is -1.03. The van der Waals surface area contributed by atoms with Crippen molar-refractivity contribution in [2.24, 2.45) is 5.73 Å². The zero-order valence-corrected chi connectivity index (χ0v) is 8.85. The van der Waals surface area contributed by atoms with Crippen molar-refractivity contribution >= 4 is 0 Å². The van der Waals surface area contributed by atoms with Crippen molar-refractivity contribution in [2.45, 2.75) is 37.4 Å². The number of rotatable bonds is 3. The fourth-order valence-electron chi connectivity index (χ4n) is 1.83. The molecule has 1 aliphatic rings. The molecule has 0 bridgehead atoms. The highest BCUT2D eigenvalue weighted by atomic mass is 19.4. The first kappa shape index (κ1) is 11.5. The third-order valence-electron chi connectivity index (χ3n) is 2.94. The average molecular weight is 229 g/mol. The van der Waals surface area contributed by atoms with Crippen molar-refractivity contribution in [3.05, 3.63) is 35.4 Å². The third kappa shape index (κ3) is 2.98. The molecule has 1 aromatic rings. The van der Waals surface area contributed by atoms with Gasteiger partial charge in [0.05, 0.1) is 6.42 Å².